The van der Waals surface area contributed by atoms with Crippen LogP contribution in [-0.2, 0) is 15.9 Å². The maximum Gasteiger partial charge on any atom is 0.410 e. The lowest BCUT2D eigenvalue weighted by molar-refractivity contribution is 0.0286. The number of methoxy groups -OCH3 is 1. The minimum Gasteiger partial charge on any atom is -0.493 e. The third kappa shape index (κ3) is 7.96. The number of likely N-dealkylation sites (tertiary alicyclic amines) is 1. The van der Waals surface area contributed by atoms with E-state index in [1.54, 1.807) is 12.0 Å². The van der Waals surface area contributed by atoms with Crippen LogP contribution in [0.15, 0.2) is 18.2 Å². The summed E-state index contributed by atoms with van der Waals surface area (Å²) in [6.45, 7) is 14.0. The van der Waals surface area contributed by atoms with Gasteiger partial charge in [-0.1, -0.05) is 19.1 Å². The largest absolute Gasteiger partial charge is 0.493 e. The summed E-state index contributed by atoms with van der Waals surface area (Å²) in [5.74, 6) is 0.750. The molecule has 1 aromatic carbocycles. The Hall–Kier alpha value is -2.16. The van der Waals surface area contributed by atoms with Crippen LogP contribution in [0.3, 0.4) is 0 Å². The second kappa shape index (κ2) is 12.0. The zero-order valence-electron chi connectivity index (χ0n) is 21.9. The lowest BCUT2D eigenvalue weighted by Gasteiger charge is -2.28. The fourth-order valence-electron chi connectivity index (χ4n) is 3.92. The van der Waals surface area contributed by atoms with Crippen LogP contribution < -0.4 is 15.8 Å². The minimum absolute atomic E-state index is 0.0209. The van der Waals surface area contributed by atoms with E-state index in [1.807, 2.05) is 52.8 Å². The third-order valence-electron chi connectivity index (χ3n) is 5.98. The van der Waals surface area contributed by atoms with Crippen LogP contribution >= 0.6 is 0 Å². The molecule has 1 amide bonds. The van der Waals surface area contributed by atoms with Crippen molar-refractivity contribution in [3.63, 3.8) is 0 Å². The van der Waals surface area contributed by atoms with Crippen LogP contribution in [0.2, 0.25) is 0 Å². The second-order valence-electron chi connectivity index (χ2n) is 10.5. The molecule has 1 saturated heterocycles. The first kappa shape index (κ1) is 28.1. The number of ketones is 1. The Balaban J connectivity index is 2.00. The van der Waals surface area contributed by atoms with Gasteiger partial charge in [0, 0.05) is 57.3 Å². The summed E-state index contributed by atoms with van der Waals surface area (Å²) in [5.41, 5.74) is 6.62. The number of aryl methyl sites for hydroxylation is 1. The number of Topliss-reactive ketones (excluding diaryl/α,β-unsaturated/α-hetero) is 1. The lowest BCUT2D eigenvalue weighted by Crippen LogP contribution is -2.50. The van der Waals surface area contributed by atoms with E-state index >= 15 is 0 Å². The van der Waals surface area contributed by atoms with Gasteiger partial charge in [-0.25, -0.2) is 4.79 Å². The molecule has 34 heavy (non-hydrogen) atoms. The number of ether oxygens (including phenoxy) is 3. The van der Waals surface area contributed by atoms with Gasteiger partial charge in [-0.3, -0.25) is 4.79 Å². The molecule has 1 aliphatic heterocycles. The maximum atomic E-state index is 13.4. The van der Waals surface area contributed by atoms with Gasteiger partial charge < -0.3 is 30.2 Å². The number of benzene rings is 1. The van der Waals surface area contributed by atoms with Crippen molar-refractivity contribution >= 4 is 11.9 Å². The van der Waals surface area contributed by atoms with Gasteiger partial charge in [0.25, 0.3) is 0 Å². The Bertz CT molecular complexity index is 834. The van der Waals surface area contributed by atoms with Crippen LogP contribution in [0.4, 0.5) is 4.79 Å². The standard InChI is InChI=1S/C26H43N3O5/c1-8-18-10-11-19(14-22(18)33-13-9-12-32-7)23(30)26(5,6)28-15-20-16-29(17-21(20)27)24(31)34-25(2,3)4/h10-11,14,20-21,28H,8-9,12-13,15-17,27H2,1-7H3/t20-,21-/m1/s1. The first-order chi connectivity index (χ1) is 15.9. The first-order valence-corrected chi connectivity index (χ1v) is 12.2. The Labute approximate surface area is 204 Å². The number of nitrogens with two attached hydrogens (primary N) is 1. The predicted octanol–water partition coefficient (Wildman–Crippen LogP) is 3.41. The molecule has 0 spiro atoms. The van der Waals surface area contributed by atoms with E-state index in [4.69, 9.17) is 19.9 Å². The molecule has 2 atom stereocenters. The van der Waals surface area contributed by atoms with Crippen molar-refractivity contribution in [3.05, 3.63) is 29.3 Å². The van der Waals surface area contributed by atoms with Crippen LogP contribution in [-0.4, -0.2) is 73.9 Å². The quantitative estimate of drug-likeness (QED) is 0.372. The summed E-state index contributed by atoms with van der Waals surface area (Å²) in [6.07, 6.45) is 1.26. The van der Waals surface area contributed by atoms with Crippen molar-refractivity contribution in [3.8, 4) is 5.75 Å². The number of nitrogens with zero attached hydrogens (tertiary/aromatic N) is 1. The molecule has 8 heteroatoms. The second-order valence-corrected chi connectivity index (χ2v) is 10.5. The molecular formula is C26H43N3O5. The van der Waals surface area contributed by atoms with E-state index < -0.39 is 11.1 Å². The average Bonchev–Trinajstić information content (AvgIpc) is 3.14. The van der Waals surface area contributed by atoms with E-state index in [0.717, 1.165) is 24.2 Å². The van der Waals surface area contributed by atoms with Crippen LogP contribution in [0.1, 0.15) is 63.9 Å². The lowest BCUT2D eigenvalue weighted by atomic mass is 9.91. The number of rotatable bonds is 11. The Morgan fingerprint density at radius 3 is 2.47 bits per heavy atom. The molecule has 1 aliphatic rings. The number of amides is 1. The smallest absolute Gasteiger partial charge is 0.410 e. The third-order valence-corrected chi connectivity index (χ3v) is 5.98. The van der Waals surface area contributed by atoms with Crippen molar-refractivity contribution in [2.24, 2.45) is 11.7 Å². The number of nitrogens with one attached hydrogen (secondary N) is 1. The van der Waals surface area contributed by atoms with E-state index in [-0.39, 0.29) is 23.8 Å². The number of hydrogen-bond donors (Lipinski definition) is 2. The summed E-state index contributed by atoms with van der Waals surface area (Å²) in [4.78, 5) is 27.4. The number of hydrogen-bond acceptors (Lipinski definition) is 7. The van der Waals surface area contributed by atoms with Gasteiger partial charge in [0.15, 0.2) is 5.78 Å². The summed E-state index contributed by atoms with van der Waals surface area (Å²) in [5, 5.41) is 3.38. The molecule has 0 unspecified atom stereocenters. The summed E-state index contributed by atoms with van der Waals surface area (Å²) >= 11 is 0. The van der Waals surface area contributed by atoms with Gasteiger partial charge in [0.05, 0.1) is 12.1 Å². The normalized spacial score (nSPS) is 18.8. The van der Waals surface area contributed by atoms with Gasteiger partial charge >= 0.3 is 6.09 Å². The van der Waals surface area contributed by atoms with E-state index in [0.29, 0.717) is 38.4 Å². The van der Waals surface area contributed by atoms with Crippen molar-refractivity contribution < 1.29 is 23.8 Å². The predicted molar refractivity (Wildman–Crippen MR) is 133 cm³/mol. The molecule has 0 saturated carbocycles. The van der Waals surface area contributed by atoms with Crippen molar-refractivity contribution in [2.75, 3.05) is 40.0 Å². The molecule has 0 bridgehead atoms. The van der Waals surface area contributed by atoms with Crippen LogP contribution in [0.5, 0.6) is 5.75 Å². The van der Waals surface area contributed by atoms with Crippen molar-refractivity contribution in [1.82, 2.24) is 10.2 Å². The Morgan fingerprint density at radius 2 is 1.85 bits per heavy atom. The molecule has 8 nitrogen and oxygen atoms in total. The molecule has 0 radical (unpaired) electrons. The van der Waals surface area contributed by atoms with E-state index in [9.17, 15) is 9.59 Å². The highest BCUT2D eigenvalue weighted by Gasteiger charge is 2.37. The van der Waals surface area contributed by atoms with Gasteiger partial charge in [-0.2, -0.15) is 0 Å². The molecule has 0 aromatic heterocycles. The zero-order valence-corrected chi connectivity index (χ0v) is 21.9. The number of carbonyl (C=O) groups excluding carboxylic acids is 2. The number of carbonyl (C=O) groups is 2. The van der Waals surface area contributed by atoms with Crippen molar-refractivity contribution in [1.29, 1.82) is 0 Å². The van der Waals surface area contributed by atoms with E-state index in [1.165, 1.54) is 0 Å². The van der Waals surface area contributed by atoms with Crippen LogP contribution in [0, 0.1) is 5.92 Å². The van der Waals surface area contributed by atoms with Crippen molar-refractivity contribution in [2.45, 2.75) is 71.6 Å². The zero-order chi connectivity index (χ0) is 25.5. The molecule has 1 fully saturated rings. The summed E-state index contributed by atoms with van der Waals surface area (Å²) in [6, 6.07) is 5.48. The van der Waals surface area contributed by atoms with Gasteiger partial charge in [-0.05, 0) is 52.7 Å². The van der Waals surface area contributed by atoms with Gasteiger partial charge in [0.2, 0.25) is 0 Å². The highest BCUT2D eigenvalue weighted by Crippen LogP contribution is 2.25. The van der Waals surface area contributed by atoms with Crippen LogP contribution in [0.25, 0.3) is 0 Å². The molecule has 3 N–H and O–H groups in total. The minimum atomic E-state index is -0.805. The topological polar surface area (TPSA) is 103 Å². The molecule has 0 aliphatic carbocycles. The highest BCUT2D eigenvalue weighted by molar-refractivity contribution is 6.03. The summed E-state index contributed by atoms with van der Waals surface area (Å²) < 4.78 is 16.5. The first-order valence-electron chi connectivity index (χ1n) is 12.2. The van der Waals surface area contributed by atoms with Gasteiger partial charge in [-0.15, -0.1) is 0 Å². The van der Waals surface area contributed by atoms with Gasteiger partial charge in [0.1, 0.15) is 11.4 Å². The molecular weight excluding hydrogens is 434 g/mol. The molecule has 2 rings (SSSR count). The highest BCUT2D eigenvalue weighted by atomic mass is 16.6. The van der Waals surface area contributed by atoms with E-state index in [2.05, 4.69) is 12.2 Å². The Morgan fingerprint density at radius 1 is 1.15 bits per heavy atom. The maximum absolute atomic E-state index is 13.4. The monoisotopic (exact) mass is 477 g/mol. The Kier molecular flexibility index (Phi) is 9.91. The average molecular weight is 478 g/mol. The fraction of sp³-hybridized carbons (Fsp3) is 0.692. The molecule has 192 valence electrons. The molecule has 1 aromatic rings. The summed E-state index contributed by atoms with van der Waals surface area (Å²) in [7, 11) is 1.67. The fourth-order valence-corrected chi connectivity index (χ4v) is 3.92. The SMILES string of the molecule is CCc1ccc(C(=O)C(C)(C)NC[C@@H]2CN(C(=O)OC(C)(C)C)C[C@H]2N)cc1OCCCOC. The molecule has 1 heterocycles.